The van der Waals surface area contributed by atoms with Crippen molar-refractivity contribution in [3.63, 3.8) is 0 Å². The molecule has 0 amide bonds. The number of halogens is 2. The van der Waals surface area contributed by atoms with Crippen LogP contribution in [0.15, 0.2) is 42.5 Å². The van der Waals surface area contributed by atoms with Crippen LogP contribution < -0.4 is 5.32 Å². The molecule has 1 aromatic carbocycles. The molecule has 0 saturated heterocycles. The van der Waals surface area contributed by atoms with Crippen molar-refractivity contribution < 1.29 is 5.11 Å². The number of nitrogens with one attached hydrogen (secondary N) is 1. The Hall–Kier alpha value is -0.710. The second kappa shape index (κ2) is 9.55. The van der Waals surface area contributed by atoms with Gasteiger partial charge in [-0.15, -0.1) is 0 Å². The van der Waals surface area contributed by atoms with Crippen molar-refractivity contribution in [2.24, 2.45) is 0 Å². The number of likely N-dealkylation sites (N-methyl/N-ethyl adjacent to an activating group) is 1. The Morgan fingerprint density at radius 1 is 1.09 bits per heavy atom. The summed E-state index contributed by atoms with van der Waals surface area (Å²) in [4.78, 5) is 0. The fourth-order valence-corrected chi connectivity index (χ4v) is 3.51. The zero-order valence-electron chi connectivity index (χ0n) is 13.1. The summed E-state index contributed by atoms with van der Waals surface area (Å²) in [5.74, 6) is 1.49. The normalized spacial score (nSPS) is 12.3. The molecule has 1 aromatic rings. The summed E-state index contributed by atoms with van der Waals surface area (Å²) in [6.07, 6.45) is -0.314. The van der Waals surface area contributed by atoms with Crippen molar-refractivity contribution in [3.05, 3.63) is 68.5 Å². The Labute approximate surface area is 151 Å². The molecule has 2 nitrogen and oxygen atoms in total. The molecule has 2 aliphatic carbocycles. The largest absolute Gasteiger partial charge is 0.391 e. The highest BCUT2D eigenvalue weighted by Gasteiger charge is 2.05. The molecule has 0 heterocycles. The average Bonchev–Trinajstić information content (AvgIpc) is 2.51. The Bertz CT molecular complexity index is 673. The Morgan fingerprint density at radius 2 is 1.74 bits per heavy atom. The molecule has 0 saturated carbocycles. The van der Waals surface area contributed by atoms with E-state index in [0.717, 1.165) is 17.9 Å². The molecule has 23 heavy (non-hydrogen) atoms. The molecule has 5 heteroatoms. The summed E-state index contributed by atoms with van der Waals surface area (Å²) in [5, 5.41) is 16.9. The van der Waals surface area contributed by atoms with E-state index in [9.17, 15) is 5.11 Å². The summed E-state index contributed by atoms with van der Waals surface area (Å²) >= 11 is 13.5. The fraction of sp³-hybridized carbons (Fsp3) is 0.333. The van der Waals surface area contributed by atoms with Gasteiger partial charge in [0.2, 0.25) is 0 Å². The van der Waals surface area contributed by atoms with E-state index in [4.69, 9.17) is 23.2 Å². The van der Waals surface area contributed by atoms with Gasteiger partial charge in [-0.1, -0.05) is 60.5 Å². The minimum atomic E-state index is -0.314. The molecular formula is C18H21Cl2NOS. The third-order valence-electron chi connectivity index (χ3n) is 3.43. The SMILES string of the molecule is CCNCC(O)CSCc1ccc(Cl)cc1Cl.c1cc2ccc1=2. The van der Waals surface area contributed by atoms with E-state index in [1.165, 1.54) is 10.4 Å². The molecule has 0 aliphatic heterocycles. The van der Waals surface area contributed by atoms with Gasteiger partial charge in [0.1, 0.15) is 0 Å². The third-order valence-corrected chi connectivity index (χ3v) is 5.15. The maximum atomic E-state index is 9.63. The molecule has 0 fully saturated rings. The molecule has 0 spiro atoms. The van der Waals surface area contributed by atoms with Gasteiger partial charge in [0.15, 0.2) is 0 Å². The number of hydrogen-bond acceptors (Lipinski definition) is 3. The van der Waals surface area contributed by atoms with Crippen LogP contribution in [0.2, 0.25) is 10.0 Å². The number of hydrogen-bond donors (Lipinski definition) is 2. The highest BCUT2D eigenvalue weighted by Crippen LogP contribution is 2.24. The topological polar surface area (TPSA) is 32.3 Å². The van der Waals surface area contributed by atoms with Gasteiger partial charge in [-0.05, 0) is 34.7 Å². The van der Waals surface area contributed by atoms with Crippen LogP contribution in [0.1, 0.15) is 12.5 Å². The van der Waals surface area contributed by atoms with E-state index in [2.05, 4.69) is 29.6 Å². The predicted octanol–water partition coefficient (Wildman–Crippen LogP) is 4.48. The van der Waals surface area contributed by atoms with Crippen molar-refractivity contribution >= 4 is 35.0 Å². The van der Waals surface area contributed by atoms with Crippen LogP contribution in [0.3, 0.4) is 0 Å². The van der Waals surface area contributed by atoms with E-state index < -0.39 is 0 Å². The van der Waals surface area contributed by atoms with Crippen LogP contribution >= 0.6 is 35.0 Å². The van der Waals surface area contributed by atoms with E-state index in [0.29, 0.717) is 22.3 Å². The molecular weight excluding hydrogens is 349 g/mol. The Morgan fingerprint density at radius 3 is 2.22 bits per heavy atom. The molecule has 2 aliphatic rings. The summed E-state index contributed by atoms with van der Waals surface area (Å²) in [6, 6.07) is 14.0. The van der Waals surface area contributed by atoms with Gasteiger partial charge in [-0.2, -0.15) is 11.8 Å². The number of aliphatic hydroxyl groups excluding tert-OH is 1. The van der Waals surface area contributed by atoms with Gasteiger partial charge in [-0.25, -0.2) is 0 Å². The van der Waals surface area contributed by atoms with Crippen molar-refractivity contribution in [3.8, 4) is 0 Å². The monoisotopic (exact) mass is 369 g/mol. The number of aliphatic hydroxyl groups is 1. The van der Waals surface area contributed by atoms with E-state index in [-0.39, 0.29) is 6.10 Å². The average molecular weight is 370 g/mol. The van der Waals surface area contributed by atoms with Gasteiger partial charge in [-0.3, -0.25) is 0 Å². The molecule has 0 aromatic heterocycles. The van der Waals surface area contributed by atoms with Gasteiger partial charge in [0.25, 0.3) is 0 Å². The lowest BCUT2D eigenvalue weighted by atomic mass is 10.1. The van der Waals surface area contributed by atoms with Crippen molar-refractivity contribution in [2.45, 2.75) is 18.8 Å². The quantitative estimate of drug-likeness (QED) is 0.643. The van der Waals surface area contributed by atoms with Gasteiger partial charge < -0.3 is 10.4 Å². The summed E-state index contributed by atoms with van der Waals surface area (Å²) in [7, 11) is 0. The van der Waals surface area contributed by atoms with Crippen LogP contribution in [0.5, 0.6) is 0 Å². The predicted molar refractivity (Wildman–Crippen MR) is 101 cm³/mol. The first-order valence-corrected chi connectivity index (χ1v) is 9.52. The standard InChI is InChI=1S/C12H17Cl2NOS.C6H4/c1-2-15-6-11(16)8-17-7-9-3-4-10(13)5-12(9)14;1-2-6-4-3-5(1)6/h3-5,11,15-16H,2,6-8H2,1H3;1-4H. The van der Waals surface area contributed by atoms with Crippen molar-refractivity contribution in [1.29, 1.82) is 0 Å². The van der Waals surface area contributed by atoms with Crippen LogP contribution in [-0.2, 0) is 5.75 Å². The van der Waals surface area contributed by atoms with Crippen molar-refractivity contribution in [2.75, 3.05) is 18.8 Å². The Balaban J connectivity index is 0.000000260. The van der Waals surface area contributed by atoms with Crippen LogP contribution in [0, 0.1) is 10.4 Å². The van der Waals surface area contributed by atoms with E-state index in [1.54, 1.807) is 17.8 Å². The highest BCUT2D eigenvalue weighted by atomic mass is 35.5. The van der Waals surface area contributed by atoms with Crippen LogP contribution in [-0.4, -0.2) is 30.1 Å². The summed E-state index contributed by atoms with van der Waals surface area (Å²) < 4.78 is 0. The highest BCUT2D eigenvalue weighted by molar-refractivity contribution is 7.98. The molecule has 124 valence electrons. The number of rotatable bonds is 7. The van der Waals surface area contributed by atoms with E-state index in [1.807, 2.05) is 19.1 Å². The molecule has 1 atom stereocenters. The Kier molecular flexibility index (Phi) is 7.74. The maximum absolute atomic E-state index is 9.63. The first-order chi connectivity index (χ1) is 11.1. The van der Waals surface area contributed by atoms with Crippen LogP contribution in [0.25, 0.3) is 0 Å². The van der Waals surface area contributed by atoms with Gasteiger partial charge in [0, 0.05) is 28.1 Å². The summed E-state index contributed by atoms with van der Waals surface area (Å²) in [6.45, 7) is 3.54. The number of benzene rings is 2. The summed E-state index contributed by atoms with van der Waals surface area (Å²) in [5.41, 5.74) is 1.05. The second-order valence-corrected chi connectivity index (χ2v) is 7.16. The fourth-order valence-electron chi connectivity index (χ4n) is 1.98. The zero-order valence-corrected chi connectivity index (χ0v) is 15.4. The molecule has 1 unspecified atom stereocenters. The molecule has 2 N–H and O–H groups in total. The zero-order chi connectivity index (χ0) is 16.7. The third kappa shape index (κ3) is 6.02. The first-order valence-electron chi connectivity index (χ1n) is 7.61. The molecule has 0 bridgehead atoms. The smallest absolute Gasteiger partial charge is 0.0754 e. The minimum Gasteiger partial charge on any atom is -0.391 e. The van der Waals surface area contributed by atoms with Crippen molar-refractivity contribution in [1.82, 2.24) is 5.32 Å². The lowest BCUT2D eigenvalue weighted by molar-refractivity contribution is 0.197. The first kappa shape index (κ1) is 18.6. The minimum absolute atomic E-state index is 0.314. The number of thioether (sulfide) groups is 1. The van der Waals surface area contributed by atoms with E-state index >= 15 is 0 Å². The maximum Gasteiger partial charge on any atom is 0.0754 e. The van der Waals surface area contributed by atoms with Gasteiger partial charge >= 0.3 is 0 Å². The molecule has 0 radical (unpaired) electrons. The second-order valence-electron chi connectivity index (χ2n) is 5.29. The van der Waals surface area contributed by atoms with Gasteiger partial charge in [0.05, 0.1) is 6.10 Å². The lowest BCUT2D eigenvalue weighted by Crippen LogP contribution is -2.28. The lowest BCUT2D eigenvalue weighted by Gasteiger charge is -2.11. The van der Waals surface area contributed by atoms with Crippen LogP contribution in [0.4, 0.5) is 0 Å². The molecule has 3 rings (SSSR count).